The molecule has 1 aliphatic carbocycles. The van der Waals surface area contributed by atoms with E-state index in [9.17, 15) is 5.11 Å². The lowest BCUT2D eigenvalue weighted by Gasteiger charge is -2.20. The number of rotatable bonds is 1. The smallest absolute Gasteiger partial charge is 0.157 e. The van der Waals surface area contributed by atoms with Crippen LogP contribution in [0.2, 0.25) is 0 Å². The molecule has 0 aromatic carbocycles. The first-order chi connectivity index (χ1) is 5.22. The molecule has 55 valence electrons. The van der Waals surface area contributed by atoms with Crippen LogP contribution >= 0.6 is 0 Å². The number of hydrogen-bond acceptors (Lipinski definition) is 0. The van der Waals surface area contributed by atoms with E-state index in [0.717, 1.165) is 0 Å². The molecular weight excluding hydrogens is 136 g/mol. The minimum absolute atomic E-state index is 0.0605. The second-order valence-corrected chi connectivity index (χ2v) is 2.56. The fraction of sp³-hybridized carbons (Fsp3) is 0.200. The van der Waals surface area contributed by atoms with Crippen LogP contribution in [0.3, 0.4) is 0 Å². The van der Waals surface area contributed by atoms with Gasteiger partial charge in [-0.05, 0) is 6.08 Å². The highest BCUT2D eigenvalue weighted by molar-refractivity contribution is 5.32. The van der Waals surface area contributed by atoms with Gasteiger partial charge < -0.3 is 0 Å². The van der Waals surface area contributed by atoms with Crippen molar-refractivity contribution in [1.82, 2.24) is 0 Å². The van der Waals surface area contributed by atoms with Gasteiger partial charge in [0.2, 0.25) is 0 Å². The van der Waals surface area contributed by atoms with Gasteiger partial charge in [0.05, 0.1) is 5.41 Å². The van der Waals surface area contributed by atoms with E-state index in [-0.39, 0.29) is 5.76 Å². The summed E-state index contributed by atoms with van der Waals surface area (Å²) in [5, 5.41) is 10.9. The van der Waals surface area contributed by atoms with Crippen LogP contribution < -0.4 is 0 Å². The van der Waals surface area contributed by atoms with Gasteiger partial charge in [0.1, 0.15) is 0 Å². The molecular formula is C10H9O. The van der Waals surface area contributed by atoms with Crippen molar-refractivity contribution in [2.45, 2.75) is 6.42 Å². The average molecular weight is 145 g/mol. The standard InChI is InChI=1S/C10H9O/c1-3-10(4-2)7-5-6-9(11)8-10/h1,4-7H,2,8H2. The summed E-state index contributed by atoms with van der Waals surface area (Å²) >= 11 is 0. The highest BCUT2D eigenvalue weighted by Crippen LogP contribution is 2.30. The monoisotopic (exact) mass is 145 g/mol. The lowest BCUT2D eigenvalue weighted by molar-refractivity contribution is 0.264. The van der Waals surface area contributed by atoms with E-state index < -0.39 is 5.41 Å². The van der Waals surface area contributed by atoms with Crippen molar-refractivity contribution in [3.05, 3.63) is 36.6 Å². The van der Waals surface area contributed by atoms with Crippen LogP contribution in [0.25, 0.3) is 0 Å². The largest absolute Gasteiger partial charge is 0.295 e. The van der Waals surface area contributed by atoms with Crippen LogP contribution in [0.1, 0.15) is 6.42 Å². The number of terminal acetylenes is 1. The molecule has 0 spiro atoms. The third kappa shape index (κ3) is 1.35. The van der Waals surface area contributed by atoms with Gasteiger partial charge in [-0.3, -0.25) is 5.11 Å². The molecule has 0 aromatic heterocycles. The Hall–Kier alpha value is -1.42. The molecule has 0 N–H and O–H groups in total. The molecule has 1 unspecified atom stereocenters. The van der Waals surface area contributed by atoms with Crippen LogP contribution in [-0.2, 0) is 5.11 Å². The minimum Gasteiger partial charge on any atom is -0.295 e. The Morgan fingerprint density at radius 2 is 2.55 bits per heavy atom. The van der Waals surface area contributed by atoms with E-state index in [1.165, 1.54) is 6.08 Å². The molecule has 1 rings (SSSR count). The lowest BCUT2D eigenvalue weighted by Crippen LogP contribution is -2.14. The first-order valence-electron chi connectivity index (χ1n) is 3.39. The van der Waals surface area contributed by atoms with Crippen LogP contribution in [0.4, 0.5) is 0 Å². The Labute approximate surface area is 66.7 Å². The molecule has 0 amide bonds. The molecule has 1 radical (unpaired) electrons. The molecule has 1 heteroatoms. The van der Waals surface area contributed by atoms with Crippen molar-refractivity contribution >= 4 is 0 Å². The fourth-order valence-corrected chi connectivity index (χ4v) is 1.03. The summed E-state index contributed by atoms with van der Waals surface area (Å²) in [6.07, 6.45) is 12.3. The van der Waals surface area contributed by atoms with Crippen molar-refractivity contribution in [1.29, 1.82) is 0 Å². The molecule has 0 heterocycles. The maximum atomic E-state index is 10.9. The maximum absolute atomic E-state index is 10.9. The Morgan fingerprint density at radius 1 is 1.82 bits per heavy atom. The topological polar surface area (TPSA) is 19.9 Å². The number of hydrogen-bond donors (Lipinski definition) is 0. The molecule has 1 nitrogen and oxygen atoms in total. The first-order valence-corrected chi connectivity index (χ1v) is 3.39. The van der Waals surface area contributed by atoms with Gasteiger partial charge in [0, 0.05) is 6.42 Å². The van der Waals surface area contributed by atoms with Crippen LogP contribution in [-0.4, -0.2) is 0 Å². The summed E-state index contributed by atoms with van der Waals surface area (Å²) < 4.78 is 0. The first kappa shape index (κ1) is 7.68. The Kier molecular flexibility index (Phi) is 1.87. The summed E-state index contributed by atoms with van der Waals surface area (Å²) in [4.78, 5) is 0. The van der Waals surface area contributed by atoms with Gasteiger partial charge in [0.15, 0.2) is 5.76 Å². The molecule has 0 aliphatic heterocycles. The molecule has 11 heavy (non-hydrogen) atoms. The van der Waals surface area contributed by atoms with Gasteiger partial charge in [0.25, 0.3) is 0 Å². The van der Waals surface area contributed by atoms with Crippen molar-refractivity contribution in [2.24, 2.45) is 5.41 Å². The molecule has 0 saturated heterocycles. The van der Waals surface area contributed by atoms with Crippen molar-refractivity contribution < 1.29 is 5.11 Å². The Balaban J connectivity index is 2.94. The van der Waals surface area contributed by atoms with Crippen LogP contribution in [0.15, 0.2) is 36.6 Å². The minimum atomic E-state index is -0.536. The van der Waals surface area contributed by atoms with E-state index in [4.69, 9.17) is 6.42 Å². The quantitative estimate of drug-likeness (QED) is 0.397. The predicted octanol–water partition coefficient (Wildman–Crippen LogP) is 2.07. The van der Waals surface area contributed by atoms with E-state index in [1.54, 1.807) is 12.2 Å². The molecule has 0 aromatic rings. The third-order valence-corrected chi connectivity index (χ3v) is 1.78. The van der Waals surface area contributed by atoms with E-state index in [2.05, 4.69) is 12.5 Å². The zero-order valence-corrected chi connectivity index (χ0v) is 6.21. The Bertz CT molecular complexity index is 265. The summed E-state index contributed by atoms with van der Waals surface area (Å²) in [5.41, 5.74) is -0.536. The van der Waals surface area contributed by atoms with Gasteiger partial charge in [-0.2, -0.15) is 0 Å². The second-order valence-electron chi connectivity index (χ2n) is 2.56. The van der Waals surface area contributed by atoms with Gasteiger partial charge in [-0.25, -0.2) is 0 Å². The van der Waals surface area contributed by atoms with E-state index in [1.807, 2.05) is 6.08 Å². The molecule has 0 bridgehead atoms. The van der Waals surface area contributed by atoms with Crippen molar-refractivity contribution in [2.75, 3.05) is 0 Å². The van der Waals surface area contributed by atoms with E-state index >= 15 is 0 Å². The van der Waals surface area contributed by atoms with Gasteiger partial charge in [-0.1, -0.05) is 24.1 Å². The van der Waals surface area contributed by atoms with Crippen LogP contribution in [0, 0.1) is 17.8 Å². The zero-order chi connectivity index (χ0) is 8.32. The summed E-state index contributed by atoms with van der Waals surface area (Å²) in [6, 6.07) is 0. The second kappa shape index (κ2) is 2.67. The van der Waals surface area contributed by atoms with Crippen molar-refractivity contribution in [3.8, 4) is 12.3 Å². The summed E-state index contributed by atoms with van der Waals surface area (Å²) in [7, 11) is 0. The molecule has 0 saturated carbocycles. The highest BCUT2D eigenvalue weighted by atomic mass is 16.3. The van der Waals surface area contributed by atoms with Gasteiger partial charge in [-0.15, -0.1) is 13.0 Å². The molecule has 1 atom stereocenters. The normalized spacial score (nSPS) is 28.8. The van der Waals surface area contributed by atoms with Crippen LogP contribution in [0.5, 0.6) is 0 Å². The Morgan fingerprint density at radius 3 is 2.91 bits per heavy atom. The summed E-state index contributed by atoms with van der Waals surface area (Å²) in [5.74, 6) is 2.61. The zero-order valence-electron chi connectivity index (χ0n) is 6.21. The maximum Gasteiger partial charge on any atom is 0.157 e. The highest BCUT2D eigenvalue weighted by Gasteiger charge is 2.24. The number of allylic oxidation sites excluding steroid dienone is 5. The fourth-order valence-electron chi connectivity index (χ4n) is 1.03. The predicted molar refractivity (Wildman–Crippen MR) is 44.0 cm³/mol. The summed E-state index contributed by atoms with van der Waals surface area (Å²) in [6.45, 7) is 3.60. The average Bonchev–Trinajstić information content (AvgIpc) is 2.04. The lowest BCUT2D eigenvalue weighted by atomic mass is 9.82. The SMILES string of the molecule is C#CC1(C=C)C=CC=C([O])C1. The van der Waals surface area contributed by atoms with Crippen molar-refractivity contribution in [3.63, 3.8) is 0 Å². The molecule has 0 fully saturated rings. The van der Waals surface area contributed by atoms with E-state index in [0.29, 0.717) is 6.42 Å². The molecule has 1 aliphatic rings. The van der Waals surface area contributed by atoms with Gasteiger partial charge >= 0.3 is 0 Å². The third-order valence-electron chi connectivity index (χ3n) is 1.78.